The van der Waals surface area contributed by atoms with Crippen molar-refractivity contribution in [1.82, 2.24) is 10.6 Å². The molecule has 1 saturated heterocycles. The van der Waals surface area contributed by atoms with Crippen molar-refractivity contribution in [2.75, 3.05) is 6.54 Å². The SMILES string of the molecule is Cc1ccc(C(=O)N=C2CNC(=O)NC2=O)cc1. The second kappa shape index (κ2) is 4.79. The van der Waals surface area contributed by atoms with E-state index in [1.165, 1.54) is 0 Å². The highest BCUT2D eigenvalue weighted by Gasteiger charge is 2.22. The number of imide groups is 1. The van der Waals surface area contributed by atoms with E-state index in [0.717, 1.165) is 5.56 Å². The van der Waals surface area contributed by atoms with Crippen LogP contribution in [-0.4, -0.2) is 30.1 Å². The summed E-state index contributed by atoms with van der Waals surface area (Å²) in [5, 5.41) is 4.40. The summed E-state index contributed by atoms with van der Waals surface area (Å²) in [6, 6.07) is 6.27. The van der Waals surface area contributed by atoms with E-state index < -0.39 is 17.8 Å². The Morgan fingerprint density at radius 2 is 1.89 bits per heavy atom. The molecule has 1 heterocycles. The van der Waals surface area contributed by atoms with Crippen molar-refractivity contribution in [3.05, 3.63) is 35.4 Å². The number of hydrogen-bond donors (Lipinski definition) is 2. The predicted molar refractivity (Wildman–Crippen MR) is 64.5 cm³/mol. The molecular formula is C12H11N3O3. The third-order valence-corrected chi connectivity index (χ3v) is 2.44. The lowest BCUT2D eigenvalue weighted by Gasteiger charge is -2.13. The van der Waals surface area contributed by atoms with Gasteiger partial charge in [0.1, 0.15) is 5.71 Å². The van der Waals surface area contributed by atoms with Crippen molar-refractivity contribution in [3.63, 3.8) is 0 Å². The van der Waals surface area contributed by atoms with Crippen LogP contribution in [0.1, 0.15) is 15.9 Å². The summed E-state index contributed by atoms with van der Waals surface area (Å²) < 4.78 is 0. The third kappa shape index (κ3) is 2.60. The number of carbonyl (C=O) groups excluding carboxylic acids is 3. The molecule has 2 N–H and O–H groups in total. The fourth-order valence-electron chi connectivity index (χ4n) is 1.44. The van der Waals surface area contributed by atoms with Crippen molar-refractivity contribution < 1.29 is 14.4 Å². The molecule has 0 unspecified atom stereocenters. The highest BCUT2D eigenvalue weighted by molar-refractivity contribution is 6.45. The number of aliphatic imine (C=N–C) groups is 1. The van der Waals surface area contributed by atoms with Gasteiger partial charge in [-0.3, -0.25) is 14.9 Å². The summed E-state index contributed by atoms with van der Waals surface area (Å²) in [7, 11) is 0. The first-order chi connectivity index (χ1) is 8.56. The highest BCUT2D eigenvalue weighted by atomic mass is 16.2. The number of nitrogens with one attached hydrogen (secondary N) is 2. The second-order valence-corrected chi connectivity index (χ2v) is 3.87. The molecule has 2 rings (SSSR count). The molecule has 18 heavy (non-hydrogen) atoms. The van der Waals surface area contributed by atoms with Gasteiger partial charge < -0.3 is 5.32 Å². The number of aryl methyl sites for hydroxylation is 1. The molecule has 0 spiro atoms. The van der Waals surface area contributed by atoms with E-state index in [0.29, 0.717) is 5.56 Å². The zero-order valence-corrected chi connectivity index (χ0v) is 9.69. The van der Waals surface area contributed by atoms with Gasteiger partial charge >= 0.3 is 6.03 Å². The fourth-order valence-corrected chi connectivity index (χ4v) is 1.44. The highest BCUT2D eigenvalue weighted by Crippen LogP contribution is 2.05. The molecule has 0 aromatic heterocycles. The Morgan fingerprint density at radius 3 is 2.50 bits per heavy atom. The van der Waals surface area contributed by atoms with E-state index in [2.05, 4.69) is 10.3 Å². The molecule has 1 aromatic carbocycles. The summed E-state index contributed by atoms with van der Waals surface area (Å²) in [4.78, 5) is 37.7. The minimum Gasteiger partial charge on any atom is -0.332 e. The van der Waals surface area contributed by atoms with Crippen molar-refractivity contribution in [3.8, 4) is 0 Å². The zero-order chi connectivity index (χ0) is 13.1. The van der Waals surface area contributed by atoms with Gasteiger partial charge in [0.05, 0.1) is 6.54 Å². The number of nitrogens with zero attached hydrogens (tertiary/aromatic N) is 1. The summed E-state index contributed by atoms with van der Waals surface area (Å²) in [5.41, 5.74) is 1.43. The lowest BCUT2D eigenvalue weighted by Crippen LogP contribution is -2.52. The lowest BCUT2D eigenvalue weighted by atomic mass is 10.1. The van der Waals surface area contributed by atoms with Gasteiger partial charge in [-0.2, -0.15) is 0 Å². The van der Waals surface area contributed by atoms with Crippen LogP contribution in [0.25, 0.3) is 0 Å². The van der Waals surface area contributed by atoms with E-state index in [9.17, 15) is 14.4 Å². The normalized spacial score (nSPS) is 17.3. The van der Waals surface area contributed by atoms with Crippen molar-refractivity contribution in [2.24, 2.45) is 4.99 Å². The van der Waals surface area contributed by atoms with Crippen LogP contribution in [-0.2, 0) is 4.79 Å². The maximum atomic E-state index is 11.8. The summed E-state index contributed by atoms with van der Waals surface area (Å²) in [5.74, 6) is -1.14. The number of benzene rings is 1. The molecule has 1 fully saturated rings. The first-order valence-electron chi connectivity index (χ1n) is 5.34. The van der Waals surface area contributed by atoms with E-state index in [-0.39, 0.29) is 12.3 Å². The van der Waals surface area contributed by atoms with E-state index in [4.69, 9.17) is 0 Å². The minimum absolute atomic E-state index is 0.000162. The van der Waals surface area contributed by atoms with Gasteiger partial charge in [-0.15, -0.1) is 0 Å². The van der Waals surface area contributed by atoms with Gasteiger partial charge in [0.25, 0.3) is 11.8 Å². The van der Waals surface area contributed by atoms with Crippen LogP contribution < -0.4 is 10.6 Å². The molecule has 6 nitrogen and oxygen atoms in total. The minimum atomic E-state index is -0.640. The van der Waals surface area contributed by atoms with Crippen LogP contribution in [0.5, 0.6) is 0 Å². The van der Waals surface area contributed by atoms with E-state index in [1.807, 2.05) is 12.2 Å². The van der Waals surface area contributed by atoms with Crippen LogP contribution in [0.15, 0.2) is 29.3 Å². The third-order valence-electron chi connectivity index (χ3n) is 2.44. The number of urea groups is 1. The van der Waals surface area contributed by atoms with Gasteiger partial charge in [0.15, 0.2) is 0 Å². The average molecular weight is 245 g/mol. The number of hydrogen-bond acceptors (Lipinski definition) is 3. The molecule has 0 radical (unpaired) electrons. The number of amides is 4. The molecule has 1 aromatic rings. The Hall–Kier alpha value is -2.50. The standard InChI is InChI=1S/C12H11N3O3/c1-7-2-4-8(5-3-7)10(16)14-9-6-13-12(18)15-11(9)17/h2-5H,6H2,1H3,(H2,13,15,17,18). The summed E-state index contributed by atoms with van der Waals surface area (Å²) in [6.45, 7) is 1.87. The van der Waals surface area contributed by atoms with Crippen LogP contribution >= 0.6 is 0 Å². The van der Waals surface area contributed by atoms with Gasteiger partial charge in [-0.05, 0) is 19.1 Å². The number of rotatable bonds is 1. The van der Waals surface area contributed by atoms with Crippen LogP contribution in [0, 0.1) is 6.92 Å². The number of carbonyl (C=O) groups is 3. The van der Waals surface area contributed by atoms with Gasteiger partial charge in [0, 0.05) is 5.56 Å². The van der Waals surface area contributed by atoms with Gasteiger partial charge in [0.2, 0.25) is 0 Å². The van der Waals surface area contributed by atoms with E-state index >= 15 is 0 Å². The Morgan fingerprint density at radius 1 is 1.22 bits per heavy atom. The summed E-state index contributed by atoms with van der Waals surface area (Å²) in [6.07, 6.45) is 0. The first-order valence-corrected chi connectivity index (χ1v) is 5.34. The van der Waals surface area contributed by atoms with Crippen molar-refractivity contribution in [2.45, 2.75) is 6.92 Å². The predicted octanol–water partition coefficient (Wildman–Crippen LogP) is 0.416. The van der Waals surface area contributed by atoms with Crippen LogP contribution in [0.2, 0.25) is 0 Å². The molecule has 4 amide bonds. The van der Waals surface area contributed by atoms with Crippen LogP contribution in [0.3, 0.4) is 0 Å². The van der Waals surface area contributed by atoms with Crippen molar-refractivity contribution in [1.29, 1.82) is 0 Å². The quantitative estimate of drug-likeness (QED) is 0.751. The molecular weight excluding hydrogens is 234 g/mol. The largest absolute Gasteiger partial charge is 0.332 e. The molecule has 1 aliphatic rings. The molecule has 0 aliphatic carbocycles. The Labute approximate surface area is 103 Å². The molecule has 92 valence electrons. The smallest absolute Gasteiger partial charge is 0.322 e. The molecule has 0 bridgehead atoms. The Bertz CT molecular complexity index is 546. The molecule has 0 atom stereocenters. The average Bonchev–Trinajstić information content (AvgIpc) is 2.33. The van der Waals surface area contributed by atoms with Crippen LogP contribution in [0.4, 0.5) is 4.79 Å². The van der Waals surface area contributed by atoms with E-state index in [1.54, 1.807) is 24.3 Å². The van der Waals surface area contributed by atoms with Gasteiger partial charge in [-0.1, -0.05) is 17.7 Å². The Balaban J connectivity index is 2.17. The second-order valence-electron chi connectivity index (χ2n) is 3.87. The lowest BCUT2D eigenvalue weighted by molar-refractivity contribution is -0.114. The zero-order valence-electron chi connectivity index (χ0n) is 9.69. The first kappa shape index (κ1) is 12.0. The maximum Gasteiger partial charge on any atom is 0.322 e. The maximum absolute atomic E-state index is 11.8. The molecule has 6 heteroatoms. The monoisotopic (exact) mass is 245 g/mol. The molecule has 0 saturated carbocycles. The fraction of sp³-hybridized carbons (Fsp3) is 0.167. The summed E-state index contributed by atoms with van der Waals surface area (Å²) >= 11 is 0. The van der Waals surface area contributed by atoms with Crippen molar-refractivity contribution >= 4 is 23.6 Å². The molecule has 1 aliphatic heterocycles. The van der Waals surface area contributed by atoms with Gasteiger partial charge in [-0.25, -0.2) is 9.79 Å². The topological polar surface area (TPSA) is 87.6 Å². The Kier molecular flexibility index (Phi) is 3.18.